The number of pyridine rings is 1. The molecule has 2 aromatic carbocycles. The molecule has 5 N–H and O–H groups in total. The van der Waals surface area contributed by atoms with Crippen molar-refractivity contribution < 1.29 is 4.39 Å². The monoisotopic (exact) mass is 492 g/mol. The average Bonchev–Trinajstić information content (AvgIpc) is 3.64. The maximum absolute atomic E-state index is 13.6. The van der Waals surface area contributed by atoms with Crippen molar-refractivity contribution in [2.75, 3.05) is 17.2 Å². The van der Waals surface area contributed by atoms with Gasteiger partial charge in [-0.25, -0.2) is 4.39 Å². The summed E-state index contributed by atoms with van der Waals surface area (Å²) in [4.78, 5) is 4.43. The third-order valence-electron chi connectivity index (χ3n) is 5.75. The van der Waals surface area contributed by atoms with Crippen LogP contribution < -0.4 is 21.7 Å². The van der Waals surface area contributed by atoms with Crippen LogP contribution in [0.25, 0.3) is 10.9 Å². The molecule has 3 aromatic rings. The second-order valence-corrected chi connectivity index (χ2v) is 10.5. The number of hydrogen-bond acceptors (Lipinski definition) is 6. The fourth-order valence-electron chi connectivity index (χ4n) is 3.70. The summed E-state index contributed by atoms with van der Waals surface area (Å²) in [7, 11) is 0. The Morgan fingerprint density at radius 1 is 1.29 bits per heavy atom. The molecule has 182 valence electrons. The topological polar surface area (TPSA) is 98.8 Å². The standard InChI is InChI=1S/C27H30ClFN6/c1-27(2,3)15-34-24-17(12-30)13-33-26-21(24)10-20(11-22(26)28)35-25(16-4-6-18(29)7-5-16)23(31)14-32-19-8-9-19/h4-7,10-11,13-14,19,25,32,35H,8-9,15,31H2,1-3H3,(H,33,34)/b23-14-. The molecular weight excluding hydrogens is 463 g/mol. The summed E-state index contributed by atoms with van der Waals surface area (Å²) in [6.45, 7) is 7.02. The molecule has 6 nitrogen and oxygen atoms in total. The van der Waals surface area contributed by atoms with Crippen molar-refractivity contribution in [3.05, 3.63) is 76.5 Å². The number of nitriles is 1. The van der Waals surface area contributed by atoms with Crippen molar-refractivity contribution in [3.8, 4) is 6.07 Å². The van der Waals surface area contributed by atoms with E-state index >= 15 is 0 Å². The lowest BCUT2D eigenvalue weighted by molar-refractivity contribution is 0.443. The van der Waals surface area contributed by atoms with Gasteiger partial charge in [0, 0.05) is 36.1 Å². The smallest absolute Gasteiger partial charge is 0.123 e. The van der Waals surface area contributed by atoms with Crippen molar-refractivity contribution >= 4 is 33.9 Å². The van der Waals surface area contributed by atoms with Crippen LogP contribution in [0.5, 0.6) is 0 Å². The molecule has 0 spiro atoms. The third kappa shape index (κ3) is 6.14. The average molecular weight is 493 g/mol. The molecule has 0 bridgehead atoms. The molecule has 1 saturated carbocycles. The highest BCUT2D eigenvalue weighted by atomic mass is 35.5. The Kier molecular flexibility index (Phi) is 7.04. The number of nitrogens with one attached hydrogen (secondary N) is 3. The van der Waals surface area contributed by atoms with Crippen molar-refractivity contribution in [2.45, 2.75) is 45.7 Å². The van der Waals surface area contributed by atoms with Gasteiger partial charge in [0.2, 0.25) is 0 Å². The second kappa shape index (κ2) is 10.0. The lowest BCUT2D eigenvalue weighted by Gasteiger charge is -2.23. The van der Waals surface area contributed by atoms with Crippen molar-refractivity contribution in [1.82, 2.24) is 10.3 Å². The number of anilines is 2. The van der Waals surface area contributed by atoms with Gasteiger partial charge in [-0.05, 0) is 48.1 Å². The summed E-state index contributed by atoms with van der Waals surface area (Å²) in [6.07, 6.45) is 5.60. The molecule has 4 rings (SSSR count). The molecule has 0 amide bonds. The van der Waals surface area contributed by atoms with Gasteiger partial charge in [0.15, 0.2) is 0 Å². The van der Waals surface area contributed by atoms with Crippen molar-refractivity contribution in [1.29, 1.82) is 5.26 Å². The Morgan fingerprint density at radius 3 is 2.63 bits per heavy atom. The first-order valence-corrected chi connectivity index (χ1v) is 12.0. The maximum atomic E-state index is 13.6. The Balaban J connectivity index is 1.75. The lowest BCUT2D eigenvalue weighted by atomic mass is 9.96. The van der Waals surface area contributed by atoms with Crippen LogP contribution >= 0.6 is 11.6 Å². The third-order valence-corrected chi connectivity index (χ3v) is 6.04. The Bertz CT molecular complexity index is 1290. The normalized spacial score (nSPS) is 14.9. The molecule has 1 aliphatic carbocycles. The summed E-state index contributed by atoms with van der Waals surface area (Å²) in [5.74, 6) is -0.315. The number of aromatic nitrogens is 1. The van der Waals surface area contributed by atoms with Gasteiger partial charge in [-0.15, -0.1) is 0 Å². The number of halogens is 2. The molecular formula is C27H30ClFN6. The lowest BCUT2D eigenvalue weighted by Crippen LogP contribution is -2.22. The Labute approximate surface area is 210 Å². The molecule has 1 aromatic heterocycles. The number of rotatable bonds is 8. The largest absolute Gasteiger partial charge is 0.399 e. The van der Waals surface area contributed by atoms with E-state index in [1.165, 1.54) is 18.3 Å². The molecule has 1 atom stereocenters. The van der Waals surface area contributed by atoms with Crippen LogP contribution in [0.2, 0.25) is 5.02 Å². The molecule has 8 heteroatoms. The predicted octanol–water partition coefficient (Wildman–Crippen LogP) is 6.06. The van der Waals surface area contributed by atoms with Crippen molar-refractivity contribution in [2.24, 2.45) is 11.1 Å². The highest BCUT2D eigenvalue weighted by Crippen LogP contribution is 2.35. The number of hydrogen-bond donors (Lipinski definition) is 4. The molecule has 1 unspecified atom stereocenters. The van der Waals surface area contributed by atoms with E-state index in [-0.39, 0.29) is 11.2 Å². The first-order valence-electron chi connectivity index (χ1n) is 11.6. The predicted molar refractivity (Wildman–Crippen MR) is 141 cm³/mol. The van der Waals surface area contributed by atoms with Gasteiger partial charge in [0.25, 0.3) is 0 Å². The Morgan fingerprint density at radius 2 is 2.00 bits per heavy atom. The molecule has 1 aliphatic rings. The van der Waals surface area contributed by atoms with E-state index < -0.39 is 6.04 Å². The van der Waals surface area contributed by atoms with Gasteiger partial charge in [-0.3, -0.25) is 4.98 Å². The zero-order valence-electron chi connectivity index (χ0n) is 20.1. The maximum Gasteiger partial charge on any atom is 0.123 e. The van der Waals surface area contributed by atoms with Crippen LogP contribution in [-0.2, 0) is 0 Å². The minimum absolute atomic E-state index is 0.00343. The van der Waals surface area contributed by atoms with Gasteiger partial charge in [0.1, 0.15) is 11.9 Å². The zero-order valence-corrected chi connectivity index (χ0v) is 20.9. The van der Waals surface area contributed by atoms with E-state index in [0.717, 1.165) is 23.8 Å². The van der Waals surface area contributed by atoms with E-state index in [4.69, 9.17) is 17.3 Å². The first kappa shape index (κ1) is 24.6. The fourth-order valence-corrected chi connectivity index (χ4v) is 3.97. The van der Waals surface area contributed by atoms with E-state index in [0.29, 0.717) is 45.8 Å². The minimum Gasteiger partial charge on any atom is -0.399 e. The number of benzene rings is 2. The number of fused-ring (bicyclic) bond motifs is 1. The molecule has 1 heterocycles. The molecule has 0 aliphatic heterocycles. The van der Waals surface area contributed by atoms with Crippen LogP contribution in [0.15, 0.2) is 54.5 Å². The highest BCUT2D eigenvalue weighted by molar-refractivity contribution is 6.35. The van der Waals surface area contributed by atoms with Gasteiger partial charge in [0.05, 0.1) is 33.5 Å². The van der Waals surface area contributed by atoms with E-state index in [2.05, 4.69) is 47.8 Å². The van der Waals surface area contributed by atoms with Crippen LogP contribution in [0, 0.1) is 22.6 Å². The summed E-state index contributed by atoms with van der Waals surface area (Å²) in [5, 5.41) is 21.1. The summed E-state index contributed by atoms with van der Waals surface area (Å²) < 4.78 is 13.6. The van der Waals surface area contributed by atoms with Crippen molar-refractivity contribution in [3.63, 3.8) is 0 Å². The quantitative estimate of drug-likeness (QED) is 0.305. The van der Waals surface area contributed by atoms with E-state index in [9.17, 15) is 9.65 Å². The SMILES string of the molecule is CC(C)(C)CNc1c(C#N)cnc2c(Cl)cc(NC(/C(N)=C/NC3CC3)c3ccc(F)cc3)cc12. The minimum atomic E-state index is -0.423. The zero-order chi connectivity index (χ0) is 25.2. The first-order chi connectivity index (χ1) is 16.6. The van der Waals surface area contributed by atoms with E-state index in [1.807, 2.05) is 12.3 Å². The van der Waals surface area contributed by atoms with Gasteiger partial charge >= 0.3 is 0 Å². The van der Waals surface area contributed by atoms with Gasteiger partial charge in [-0.2, -0.15) is 5.26 Å². The fraction of sp³-hybridized carbons (Fsp3) is 0.333. The molecule has 1 fully saturated rings. The summed E-state index contributed by atoms with van der Waals surface area (Å²) in [5.41, 5.74) is 10.3. The summed E-state index contributed by atoms with van der Waals surface area (Å²) >= 11 is 6.64. The summed E-state index contributed by atoms with van der Waals surface area (Å²) in [6, 6.07) is 12.2. The van der Waals surface area contributed by atoms with Crippen LogP contribution in [0.3, 0.4) is 0 Å². The van der Waals surface area contributed by atoms with Crippen LogP contribution in [-0.4, -0.2) is 17.6 Å². The molecule has 0 radical (unpaired) electrons. The highest BCUT2D eigenvalue weighted by Gasteiger charge is 2.22. The van der Waals surface area contributed by atoms with Crippen LogP contribution in [0.4, 0.5) is 15.8 Å². The molecule has 0 saturated heterocycles. The van der Waals surface area contributed by atoms with E-state index in [1.54, 1.807) is 18.2 Å². The van der Waals surface area contributed by atoms with Crippen LogP contribution in [0.1, 0.15) is 50.8 Å². The van der Waals surface area contributed by atoms with Gasteiger partial charge < -0.3 is 21.7 Å². The number of nitrogens with two attached hydrogens (primary N) is 1. The Hall–Kier alpha value is -3.50. The molecule has 35 heavy (non-hydrogen) atoms. The second-order valence-electron chi connectivity index (χ2n) is 10.1. The van der Waals surface area contributed by atoms with Gasteiger partial charge in [-0.1, -0.05) is 44.5 Å². The number of nitrogens with zero attached hydrogens (tertiary/aromatic N) is 2.